The maximum Gasteiger partial charge on any atom is 0.458 e. The Balaban J connectivity index is 3.23. The summed E-state index contributed by atoms with van der Waals surface area (Å²) in [4.78, 5) is 0. The Hall–Kier alpha value is -1.20. The van der Waals surface area contributed by atoms with Gasteiger partial charge in [0.15, 0.2) is 0 Å². The maximum atomic E-state index is 12.6. The van der Waals surface area contributed by atoms with Gasteiger partial charge in [-0.3, -0.25) is 0 Å². The van der Waals surface area contributed by atoms with Gasteiger partial charge < -0.3 is 0 Å². The molecule has 0 amide bonds. The highest BCUT2D eigenvalue weighted by Crippen LogP contribution is 2.44. The number of alkyl halides is 5. The summed E-state index contributed by atoms with van der Waals surface area (Å²) in [5, 5.41) is 0. The fourth-order valence-electron chi connectivity index (χ4n) is 0.812. The summed E-state index contributed by atoms with van der Waals surface area (Å²) in [7, 11) is 0. The molecule has 0 atom stereocenters. The van der Waals surface area contributed by atoms with E-state index in [1.807, 2.05) is 0 Å². The lowest BCUT2D eigenvalue weighted by Gasteiger charge is -2.19. The lowest BCUT2D eigenvalue weighted by molar-refractivity contribution is -0.290. The Morgan fingerprint density at radius 2 is 1.64 bits per heavy atom. The van der Waals surface area contributed by atoms with Gasteiger partial charge in [-0.05, 0) is 6.07 Å². The lowest BCUT2D eigenvalue weighted by atomic mass is 10.1. The quantitative estimate of drug-likeness (QED) is 0.628. The van der Waals surface area contributed by atoms with Crippen LogP contribution in [0.1, 0.15) is 5.56 Å². The van der Waals surface area contributed by atoms with E-state index in [9.17, 15) is 26.3 Å². The van der Waals surface area contributed by atoms with Crippen LogP contribution in [-0.2, 0) is 5.92 Å². The zero-order chi connectivity index (χ0) is 11.0. The largest absolute Gasteiger partial charge is 0.458 e. The summed E-state index contributed by atoms with van der Waals surface area (Å²) in [5.74, 6) is -6.88. The molecule has 0 aliphatic rings. The van der Waals surface area contributed by atoms with Crippen molar-refractivity contribution in [2.75, 3.05) is 0 Å². The summed E-state index contributed by atoms with van der Waals surface area (Å²) in [5.41, 5.74) is -1.72. The van der Waals surface area contributed by atoms with Gasteiger partial charge in [-0.2, -0.15) is 22.0 Å². The van der Waals surface area contributed by atoms with Crippen molar-refractivity contribution < 1.29 is 26.3 Å². The standard InChI is InChI=1S/C8H3F6/c9-6-4-2-1-3-5(6)7(10,11)8(12,13)14/h1-3H. The molecular formula is C8H3F6. The van der Waals surface area contributed by atoms with Gasteiger partial charge in [0.05, 0.1) is 5.56 Å². The van der Waals surface area contributed by atoms with Gasteiger partial charge in [-0.1, -0.05) is 12.1 Å². The molecule has 14 heavy (non-hydrogen) atoms. The fraction of sp³-hybridized carbons (Fsp3) is 0.250. The molecule has 1 aromatic rings. The van der Waals surface area contributed by atoms with Crippen molar-refractivity contribution in [2.45, 2.75) is 12.1 Å². The highest BCUT2D eigenvalue weighted by Gasteiger charge is 2.59. The Kier molecular flexibility index (Phi) is 2.47. The summed E-state index contributed by atoms with van der Waals surface area (Å²) in [6, 6.07) is 3.77. The van der Waals surface area contributed by atoms with Crippen molar-refractivity contribution in [1.29, 1.82) is 0 Å². The van der Waals surface area contributed by atoms with Gasteiger partial charge >= 0.3 is 12.1 Å². The third kappa shape index (κ3) is 1.69. The highest BCUT2D eigenvalue weighted by atomic mass is 19.4. The second-order valence-electron chi connectivity index (χ2n) is 2.47. The Bertz CT molecular complexity index is 327. The average Bonchev–Trinajstić information content (AvgIpc) is 2.02. The van der Waals surface area contributed by atoms with Gasteiger partial charge in [-0.25, -0.2) is 4.39 Å². The third-order valence-electron chi connectivity index (χ3n) is 1.50. The highest BCUT2D eigenvalue weighted by molar-refractivity contribution is 5.22. The van der Waals surface area contributed by atoms with Gasteiger partial charge in [0, 0.05) is 6.07 Å². The zero-order valence-electron chi connectivity index (χ0n) is 6.50. The van der Waals surface area contributed by atoms with Crippen molar-refractivity contribution in [3.05, 3.63) is 35.6 Å². The van der Waals surface area contributed by atoms with Crippen LogP contribution < -0.4 is 0 Å². The molecule has 0 saturated carbocycles. The summed E-state index contributed by atoms with van der Waals surface area (Å²) < 4.78 is 73.0. The molecule has 0 aliphatic heterocycles. The fourth-order valence-corrected chi connectivity index (χ4v) is 0.812. The topological polar surface area (TPSA) is 0 Å². The second-order valence-corrected chi connectivity index (χ2v) is 2.47. The van der Waals surface area contributed by atoms with Gasteiger partial charge in [0.25, 0.3) is 0 Å². The van der Waals surface area contributed by atoms with Crippen LogP contribution in [0.4, 0.5) is 26.3 Å². The minimum absolute atomic E-state index is 0.374. The van der Waals surface area contributed by atoms with Crippen LogP contribution in [0, 0.1) is 11.9 Å². The van der Waals surface area contributed by atoms with Crippen molar-refractivity contribution in [2.24, 2.45) is 0 Å². The van der Waals surface area contributed by atoms with E-state index in [0.717, 1.165) is 12.1 Å². The van der Waals surface area contributed by atoms with Crippen molar-refractivity contribution in [1.82, 2.24) is 0 Å². The van der Waals surface area contributed by atoms with E-state index in [4.69, 9.17) is 0 Å². The molecule has 0 saturated heterocycles. The molecule has 0 fully saturated rings. The minimum Gasteiger partial charge on any atom is -0.206 e. The number of rotatable bonds is 1. The van der Waals surface area contributed by atoms with Crippen LogP contribution in [0.15, 0.2) is 18.2 Å². The summed E-state index contributed by atoms with van der Waals surface area (Å²) in [6.07, 6.45) is -5.80. The minimum atomic E-state index is -5.80. The van der Waals surface area contributed by atoms with E-state index in [1.165, 1.54) is 0 Å². The third-order valence-corrected chi connectivity index (χ3v) is 1.50. The number of halogens is 6. The van der Waals surface area contributed by atoms with E-state index in [-0.39, 0.29) is 0 Å². The summed E-state index contributed by atoms with van der Waals surface area (Å²) in [6.45, 7) is 0. The molecule has 0 unspecified atom stereocenters. The van der Waals surface area contributed by atoms with Gasteiger partial charge in [-0.15, -0.1) is 0 Å². The van der Waals surface area contributed by atoms with Crippen molar-refractivity contribution in [3.8, 4) is 0 Å². The van der Waals surface area contributed by atoms with E-state index in [2.05, 4.69) is 0 Å². The molecule has 0 aliphatic carbocycles. The molecule has 6 heteroatoms. The second kappa shape index (κ2) is 3.18. The monoisotopic (exact) mass is 213 g/mol. The van der Waals surface area contributed by atoms with Crippen LogP contribution in [0.5, 0.6) is 0 Å². The Morgan fingerprint density at radius 3 is 2.07 bits per heavy atom. The Morgan fingerprint density at radius 1 is 1.07 bits per heavy atom. The Labute approximate surface area is 75.2 Å². The van der Waals surface area contributed by atoms with Crippen LogP contribution in [0.25, 0.3) is 0 Å². The first-order valence-electron chi connectivity index (χ1n) is 3.38. The van der Waals surface area contributed by atoms with E-state index >= 15 is 0 Å². The van der Waals surface area contributed by atoms with Crippen LogP contribution >= 0.6 is 0 Å². The van der Waals surface area contributed by atoms with E-state index < -0.39 is 23.5 Å². The predicted octanol–water partition coefficient (Wildman–Crippen LogP) is 3.28. The average molecular weight is 213 g/mol. The first-order chi connectivity index (χ1) is 6.27. The number of hydrogen-bond acceptors (Lipinski definition) is 0. The van der Waals surface area contributed by atoms with Crippen LogP contribution in [-0.4, -0.2) is 6.18 Å². The molecular weight excluding hydrogens is 210 g/mol. The van der Waals surface area contributed by atoms with E-state index in [0.29, 0.717) is 6.07 Å². The smallest absolute Gasteiger partial charge is 0.206 e. The molecule has 0 bridgehead atoms. The van der Waals surface area contributed by atoms with E-state index in [1.54, 1.807) is 6.07 Å². The number of benzene rings is 1. The first kappa shape index (κ1) is 10.9. The molecule has 0 N–H and O–H groups in total. The molecule has 0 nitrogen and oxygen atoms in total. The predicted molar refractivity (Wildman–Crippen MR) is 35.2 cm³/mol. The van der Waals surface area contributed by atoms with Crippen molar-refractivity contribution in [3.63, 3.8) is 0 Å². The molecule has 0 aromatic heterocycles. The lowest BCUT2D eigenvalue weighted by Crippen LogP contribution is -2.34. The molecule has 1 aromatic carbocycles. The van der Waals surface area contributed by atoms with Crippen LogP contribution in [0.3, 0.4) is 0 Å². The molecule has 1 rings (SSSR count). The number of hydrogen-bond donors (Lipinski definition) is 0. The normalized spacial score (nSPS) is 13.0. The van der Waals surface area contributed by atoms with Gasteiger partial charge in [0.2, 0.25) is 0 Å². The molecule has 0 heterocycles. The maximum absolute atomic E-state index is 12.6. The summed E-state index contributed by atoms with van der Waals surface area (Å²) >= 11 is 0. The molecule has 1 radical (unpaired) electrons. The SMILES string of the molecule is Fc1[c]cccc1C(F)(F)C(F)(F)F. The molecule has 0 spiro atoms. The molecule has 77 valence electrons. The van der Waals surface area contributed by atoms with Crippen molar-refractivity contribution >= 4 is 0 Å². The van der Waals surface area contributed by atoms with Gasteiger partial charge in [0.1, 0.15) is 5.82 Å². The van der Waals surface area contributed by atoms with Crippen LogP contribution in [0.2, 0.25) is 0 Å². The first-order valence-corrected chi connectivity index (χ1v) is 3.38. The zero-order valence-corrected chi connectivity index (χ0v) is 6.50.